The summed E-state index contributed by atoms with van der Waals surface area (Å²) in [6.45, 7) is 6.00. The molecule has 0 aliphatic heterocycles. The standard InChI is InChI=1S/C15H21NO/c1-10(2)15(17)16-14-6-4-5-12-9-11(3)7-8-13(12)14/h7-10,14H,4-6H2,1-3H3,(H,16,17). The first kappa shape index (κ1) is 12.2. The second-order valence-electron chi connectivity index (χ2n) is 5.31. The molecule has 1 amide bonds. The summed E-state index contributed by atoms with van der Waals surface area (Å²) in [4.78, 5) is 11.8. The number of hydrogen-bond acceptors (Lipinski definition) is 1. The molecule has 0 bridgehead atoms. The normalized spacial score (nSPS) is 18.9. The van der Waals surface area contributed by atoms with E-state index in [1.54, 1.807) is 0 Å². The number of benzene rings is 1. The minimum Gasteiger partial charge on any atom is -0.349 e. The smallest absolute Gasteiger partial charge is 0.223 e. The summed E-state index contributed by atoms with van der Waals surface area (Å²) in [5, 5.41) is 3.16. The van der Waals surface area contributed by atoms with E-state index in [1.165, 1.54) is 23.1 Å². The van der Waals surface area contributed by atoms with Gasteiger partial charge < -0.3 is 5.32 Å². The Labute approximate surface area is 103 Å². The molecule has 1 aliphatic carbocycles. The summed E-state index contributed by atoms with van der Waals surface area (Å²) in [6.07, 6.45) is 3.37. The van der Waals surface area contributed by atoms with Crippen LogP contribution in [0.1, 0.15) is 49.4 Å². The molecular formula is C15H21NO. The highest BCUT2D eigenvalue weighted by molar-refractivity contribution is 5.78. The average Bonchev–Trinajstić information content (AvgIpc) is 2.28. The van der Waals surface area contributed by atoms with E-state index in [1.807, 2.05) is 13.8 Å². The molecule has 2 rings (SSSR count). The van der Waals surface area contributed by atoms with Gasteiger partial charge in [-0.05, 0) is 37.3 Å². The van der Waals surface area contributed by atoms with Crippen LogP contribution in [0.5, 0.6) is 0 Å². The van der Waals surface area contributed by atoms with Crippen molar-refractivity contribution < 1.29 is 4.79 Å². The van der Waals surface area contributed by atoms with Crippen molar-refractivity contribution in [2.24, 2.45) is 5.92 Å². The van der Waals surface area contributed by atoms with Crippen LogP contribution in [-0.2, 0) is 11.2 Å². The fourth-order valence-electron chi connectivity index (χ4n) is 2.43. The van der Waals surface area contributed by atoms with E-state index in [0.717, 1.165) is 12.8 Å². The monoisotopic (exact) mass is 231 g/mol. The lowest BCUT2D eigenvalue weighted by Crippen LogP contribution is -2.33. The molecule has 0 radical (unpaired) electrons. The summed E-state index contributed by atoms with van der Waals surface area (Å²) >= 11 is 0. The van der Waals surface area contributed by atoms with Crippen molar-refractivity contribution in [2.45, 2.75) is 46.1 Å². The molecule has 0 heterocycles. The van der Waals surface area contributed by atoms with Gasteiger partial charge in [-0.15, -0.1) is 0 Å². The molecule has 17 heavy (non-hydrogen) atoms. The first-order chi connectivity index (χ1) is 8.08. The lowest BCUT2D eigenvalue weighted by molar-refractivity contribution is -0.124. The highest BCUT2D eigenvalue weighted by Gasteiger charge is 2.22. The molecule has 2 heteroatoms. The molecule has 0 aromatic heterocycles. The molecule has 1 aliphatic rings. The quantitative estimate of drug-likeness (QED) is 0.832. The summed E-state index contributed by atoms with van der Waals surface area (Å²) in [6, 6.07) is 6.78. The molecule has 1 atom stereocenters. The Balaban J connectivity index is 2.20. The van der Waals surface area contributed by atoms with Gasteiger partial charge in [-0.1, -0.05) is 37.6 Å². The van der Waals surface area contributed by atoms with Gasteiger partial charge >= 0.3 is 0 Å². The van der Waals surface area contributed by atoms with Crippen LogP contribution in [0.3, 0.4) is 0 Å². The van der Waals surface area contributed by atoms with Gasteiger partial charge in [-0.25, -0.2) is 0 Å². The Morgan fingerprint density at radius 2 is 2.18 bits per heavy atom. The van der Waals surface area contributed by atoms with Crippen molar-refractivity contribution >= 4 is 5.91 Å². The lowest BCUT2D eigenvalue weighted by atomic mass is 9.86. The maximum atomic E-state index is 11.8. The Hall–Kier alpha value is -1.31. The van der Waals surface area contributed by atoms with E-state index < -0.39 is 0 Å². The van der Waals surface area contributed by atoms with E-state index in [2.05, 4.69) is 30.4 Å². The van der Waals surface area contributed by atoms with Crippen LogP contribution < -0.4 is 5.32 Å². The van der Waals surface area contributed by atoms with Gasteiger partial charge in [0, 0.05) is 5.92 Å². The number of hydrogen-bond donors (Lipinski definition) is 1. The van der Waals surface area contributed by atoms with Crippen LogP contribution in [0.25, 0.3) is 0 Å². The minimum absolute atomic E-state index is 0.0609. The average molecular weight is 231 g/mol. The predicted octanol–water partition coefficient (Wildman–Crippen LogP) is 3.14. The highest BCUT2D eigenvalue weighted by Crippen LogP contribution is 2.30. The Morgan fingerprint density at radius 3 is 2.88 bits per heavy atom. The van der Waals surface area contributed by atoms with Crippen LogP contribution in [0, 0.1) is 12.8 Å². The molecule has 0 spiro atoms. The first-order valence-electron chi connectivity index (χ1n) is 6.47. The van der Waals surface area contributed by atoms with E-state index in [9.17, 15) is 4.79 Å². The minimum atomic E-state index is 0.0609. The number of carbonyl (C=O) groups is 1. The molecule has 1 aromatic carbocycles. The Morgan fingerprint density at radius 1 is 1.41 bits per heavy atom. The van der Waals surface area contributed by atoms with E-state index >= 15 is 0 Å². The number of aryl methyl sites for hydroxylation is 2. The van der Waals surface area contributed by atoms with Gasteiger partial charge in [0.15, 0.2) is 0 Å². The molecule has 1 unspecified atom stereocenters. The molecule has 1 aromatic rings. The number of fused-ring (bicyclic) bond motifs is 1. The van der Waals surface area contributed by atoms with Crippen LogP contribution in [0.4, 0.5) is 0 Å². The molecule has 0 saturated heterocycles. The maximum Gasteiger partial charge on any atom is 0.223 e. The Kier molecular flexibility index (Phi) is 3.51. The topological polar surface area (TPSA) is 29.1 Å². The van der Waals surface area contributed by atoms with Crippen LogP contribution >= 0.6 is 0 Å². The second kappa shape index (κ2) is 4.91. The van der Waals surface area contributed by atoms with Crippen molar-refractivity contribution in [2.75, 3.05) is 0 Å². The fraction of sp³-hybridized carbons (Fsp3) is 0.533. The van der Waals surface area contributed by atoms with Crippen LogP contribution in [0.2, 0.25) is 0 Å². The molecule has 1 N–H and O–H groups in total. The van der Waals surface area contributed by atoms with Gasteiger partial charge in [0.05, 0.1) is 6.04 Å². The lowest BCUT2D eigenvalue weighted by Gasteiger charge is -2.27. The van der Waals surface area contributed by atoms with Crippen molar-refractivity contribution in [1.29, 1.82) is 0 Å². The van der Waals surface area contributed by atoms with E-state index in [4.69, 9.17) is 0 Å². The predicted molar refractivity (Wildman–Crippen MR) is 69.8 cm³/mol. The summed E-state index contributed by atoms with van der Waals surface area (Å²) in [5.41, 5.74) is 4.03. The number of nitrogens with one attached hydrogen (secondary N) is 1. The summed E-state index contributed by atoms with van der Waals surface area (Å²) < 4.78 is 0. The molecule has 2 nitrogen and oxygen atoms in total. The zero-order chi connectivity index (χ0) is 12.4. The summed E-state index contributed by atoms with van der Waals surface area (Å²) in [7, 11) is 0. The molecule has 0 saturated carbocycles. The van der Waals surface area contributed by atoms with Crippen molar-refractivity contribution in [3.63, 3.8) is 0 Å². The SMILES string of the molecule is Cc1ccc2c(c1)CCCC2NC(=O)C(C)C. The summed E-state index contributed by atoms with van der Waals surface area (Å²) in [5.74, 6) is 0.217. The van der Waals surface area contributed by atoms with Gasteiger partial charge in [0.2, 0.25) is 5.91 Å². The van der Waals surface area contributed by atoms with Gasteiger partial charge in [0.25, 0.3) is 0 Å². The number of carbonyl (C=O) groups excluding carboxylic acids is 1. The van der Waals surface area contributed by atoms with E-state index in [-0.39, 0.29) is 17.9 Å². The molecular weight excluding hydrogens is 210 g/mol. The second-order valence-corrected chi connectivity index (χ2v) is 5.31. The zero-order valence-electron chi connectivity index (χ0n) is 10.9. The number of rotatable bonds is 2. The Bertz CT molecular complexity index is 423. The van der Waals surface area contributed by atoms with E-state index in [0.29, 0.717) is 0 Å². The third-order valence-electron chi connectivity index (χ3n) is 3.45. The molecule has 92 valence electrons. The third kappa shape index (κ3) is 2.68. The van der Waals surface area contributed by atoms with Crippen LogP contribution in [-0.4, -0.2) is 5.91 Å². The van der Waals surface area contributed by atoms with Gasteiger partial charge in [-0.2, -0.15) is 0 Å². The molecule has 0 fully saturated rings. The fourth-order valence-corrected chi connectivity index (χ4v) is 2.43. The number of amides is 1. The van der Waals surface area contributed by atoms with Crippen LogP contribution in [0.15, 0.2) is 18.2 Å². The van der Waals surface area contributed by atoms with Crippen molar-refractivity contribution in [3.05, 3.63) is 34.9 Å². The maximum absolute atomic E-state index is 11.8. The van der Waals surface area contributed by atoms with Gasteiger partial charge in [0.1, 0.15) is 0 Å². The highest BCUT2D eigenvalue weighted by atomic mass is 16.1. The van der Waals surface area contributed by atoms with Gasteiger partial charge in [-0.3, -0.25) is 4.79 Å². The largest absolute Gasteiger partial charge is 0.349 e. The van der Waals surface area contributed by atoms with Crippen molar-refractivity contribution in [1.82, 2.24) is 5.32 Å². The first-order valence-corrected chi connectivity index (χ1v) is 6.47. The van der Waals surface area contributed by atoms with Crippen molar-refractivity contribution in [3.8, 4) is 0 Å². The zero-order valence-corrected chi connectivity index (χ0v) is 10.9. The third-order valence-corrected chi connectivity index (χ3v) is 3.45.